The molecule has 0 spiro atoms. The van der Waals surface area contributed by atoms with Crippen molar-refractivity contribution in [2.75, 3.05) is 0 Å². The van der Waals surface area contributed by atoms with Crippen LogP contribution in [0.2, 0.25) is 0 Å². The van der Waals surface area contributed by atoms with Crippen molar-refractivity contribution in [3.63, 3.8) is 0 Å². The van der Waals surface area contributed by atoms with Crippen LogP contribution in [0.3, 0.4) is 0 Å². The molecule has 0 aromatic heterocycles. The first kappa shape index (κ1) is 11.0. The van der Waals surface area contributed by atoms with E-state index < -0.39 is 5.67 Å². The molecule has 2 bridgehead atoms. The molecule has 0 saturated heterocycles. The number of alkyl halides is 1. The summed E-state index contributed by atoms with van der Waals surface area (Å²) in [6.07, 6.45) is 4.46. The minimum atomic E-state index is -0.789. The SMILES string of the molecule is CC(C)C.CC1(F)CC2CCC1C2. The maximum atomic E-state index is 13.3. The van der Waals surface area contributed by atoms with Crippen molar-refractivity contribution in [3.8, 4) is 0 Å². The van der Waals surface area contributed by atoms with Crippen molar-refractivity contribution < 1.29 is 4.39 Å². The normalized spacial score (nSPS) is 42.0. The van der Waals surface area contributed by atoms with Crippen LogP contribution in [0.15, 0.2) is 0 Å². The lowest BCUT2D eigenvalue weighted by Crippen LogP contribution is -2.25. The van der Waals surface area contributed by atoms with Crippen molar-refractivity contribution in [3.05, 3.63) is 0 Å². The zero-order valence-electron chi connectivity index (χ0n) is 9.44. The van der Waals surface area contributed by atoms with E-state index in [1.165, 1.54) is 12.8 Å². The third-order valence-electron chi connectivity index (χ3n) is 3.08. The van der Waals surface area contributed by atoms with Gasteiger partial charge < -0.3 is 0 Å². The van der Waals surface area contributed by atoms with Gasteiger partial charge in [-0.15, -0.1) is 0 Å². The van der Waals surface area contributed by atoms with Crippen LogP contribution in [0, 0.1) is 17.8 Å². The smallest absolute Gasteiger partial charge is 0.111 e. The second-order valence-electron chi connectivity index (χ2n) is 5.59. The lowest BCUT2D eigenvalue weighted by molar-refractivity contribution is 0.109. The summed E-state index contributed by atoms with van der Waals surface area (Å²) in [6.45, 7) is 8.27. The highest BCUT2D eigenvalue weighted by molar-refractivity contribution is 4.98. The van der Waals surface area contributed by atoms with Gasteiger partial charge in [-0.3, -0.25) is 0 Å². The van der Waals surface area contributed by atoms with E-state index in [1.54, 1.807) is 6.92 Å². The summed E-state index contributed by atoms with van der Waals surface area (Å²) in [5, 5.41) is 0. The number of halogens is 1. The topological polar surface area (TPSA) is 0 Å². The number of fused-ring (bicyclic) bond motifs is 2. The highest BCUT2D eigenvalue weighted by Gasteiger charge is 2.48. The largest absolute Gasteiger partial charge is 0.244 e. The van der Waals surface area contributed by atoms with Crippen LogP contribution in [0.1, 0.15) is 53.4 Å². The first-order valence-electron chi connectivity index (χ1n) is 5.60. The molecule has 3 atom stereocenters. The zero-order valence-corrected chi connectivity index (χ0v) is 9.44. The molecule has 0 radical (unpaired) electrons. The van der Waals surface area contributed by atoms with Gasteiger partial charge in [0.05, 0.1) is 0 Å². The van der Waals surface area contributed by atoms with Gasteiger partial charge in [-0.25, -0.2) is 4.39 Å². The Morgan fingerprint density at radius 3 is 1.92 bits per heavy atom. The molecule has 2 rings (SSSR count). The summed E-state index contributed by atoms with van der Waals surface area (Å²) in [5.74, 6) is 1.99. The number of hydrogen-bond donors (Lipinski definition) is 0. The molecule has 1 heteroatoms. The molecule has 78 valence electrons. The van der Waals surface area contributed by atoms with Gasteiger partial charge in [-0.1, -0.05) is 20.8 Å². The highest BCUT2D eigenvalue weighted by atomic mass is 19.1. The van der Waals surface area contributed by atoms with Crippen LogP contribution in [-0.2, 0) is 0 Å². The first-order chi connectivity index (χ1) is 5.92. The van der Waals surface area contributed by atoms with E-state index >= 15 is 0 Å². The van der Waals surface area contributed by atoms with Gasteiger partial charge in [0.25, 0.3) is 0 Å². The Kier molecular flexibility index (Phi) is 3.37. The standard InChI is InChI=1S/C8H13F.C4H10/c1-8(9)5-6-2-3-7(8)4-6;1-4(2)3/h6-7H,2-5H2,1H3;4H,1-3H3. The van der Waals surface area contributed by atoms with E-state index in [0.717, 1.165) is 24.7 Å². The third kappa shape index (κ3) is 2.96. The van der Waals surface area contributed by atoms with Crippen molar-refractivity contribution >= 4 is 0 Å². The summed E-state index contributed by atoms with van der Waals surface area (Å²) in [6, 6.07) is 0. The minimum absolute atomic E-state index is 0.419. The summed E-state index contributed by atoms with van der Waals surface area (Å²) < 4.78 is 13.3. The highest BCUT2D eigenvalue weighted by Crippen LogP contribution is 2.52. The molecule has 0 aromatic carbocycles. The Morgan fingerprint density at radius 2 is 1.77 bits per heavy atom. The average Bonchev–Trinajstić information content (AvgIpc) is 2.41. The van der Waals surface area contributed by atoms with Crippen LogP contribution < -0.4 is 0 Å². The fourth-order valence-corrected chi connectivity index (χ4v) is 2.54. The fourth-order valence-electron chi connectivity index (χ4n) is 2.54. The van der Waals surface area contributed by atoms with Crippen LogP contribution in [0.4, 0.5) is 4.39 Å². The molecular weight excluding hydrogens is 163 g/mol. The molecule has 0 aliphatic heterocycles. The molecule has 2 saturated carbocycles. The molecule has 0 aromatic rings. The Balaban J connectivity index is 0.000000184. The van der Waals surface area contributed by atoms with Gasteiger partial charge in [0.2, 0.25) is 0 Å². The monoisotopic (exact) mass is 186 g/mol. The first-order valence-corrected chi connectivity index (χ1v) is 5.60. The molecule has 2 aliphatic rings. The third-order valence-corrected chi connectivity index (χ3v) is 3.08. The molecule has 0 heterocycles. The maximum Gasteiger partial charge on any atom is 0.111 e. The summed E-state index contributed by atoms with van der Waals surface area (Å²) in [5.41, 5.74) is -0.789. The van der Waals surface area contributed by atoms with E-state index in [2.05, 4.69) is 20.8 Å². The van der Waals surface area contributed by atoms with Gasteiger partial charge >= 0.3 is 0 Å². The Morgan fingerprint density at radius 1 is 1.23 bits per heavy atom. The van der Waals surface area contributed by atoms with Gasteiger partial charge in [0.1, 0.15) is 5.67 Å². The predicted molar refractivity (Wildman–Crippen MR) is 55.5 cm³/mol. The summed E-state index contributed by atoms with van der Waals surface area (Å²) in [7, 11) is 0. The van der Waals surface area contributed by atoms with E-state index in [-0.39, 0.29) is 0 Å². The quantitative estimate of drug-likeness (QED) is 0.532. The van der Waals surface area contributed by atoms with Crippen molar-refractivity contribution in [2.24, 2.45) is 17.8 Å². The average molecular weight is 186 g/mol. The second kappa shape index (κ2) is 3.98. The van der Waals surface area contributed by atoms with E-state index in [9.17, 15) is 4.39 Å². The Labute approximate surface area is 81.9 Å². The molecule has 3 unspecified atom stereocenters. The van der Waals surface area contributed by atoms with Crippen molar-refractivity contribution in [1.82, 2.24) is 0 Å². The van der Waals surface area contributed by atoms with Gasteiger partial charge in [-0.2, -0.15) is 0 Å². The molecule has 2 aliphatic carbocycles. The molecular formula is C12H23F. The van der Waals surface area contributed by atoms with Crippen LogP contribution in [-0.4, -0.2) is 5.67 Å². The van der Waals surface area contributed by atoms with Crippen LogP contribution >= 0.6 is 0 Å². The summed E-state index contributed by atoms with van der Waals surface area (Å²) in [4.78, 5) is 0. The second-order valence-corrected chi connectivity index (χ2v) is 5.59. The zero-order chi connectivity index (χ0) is 10.1. The number of hydrogen-bond acceptors (Lipinski definition) is 0. The molecule has 0 amide bonds. The lowest BCUT2D eigenvalue weighted by Gasteiger charge is -2.24. The van der Waals surface area contributed by atoms with Gasteiger partial charge in [-0.05, 0) is 50.4 Å². The van der Waals surface area contributed by atoms with Crippen molar-refractivity contribution in [1.29, 1.82) is 0 Å². The molecule has 0 nitrogen and oxygen atoms in total. The van der Waals surface area contributed by atoms with Crippen molar-refractivity contribution in [2.45, 2.75) is 59.0 Å². The molecule has 13 heavy (non-hydrogen) atoms. The fraction of sp³-hybridized carbons (Fsp3) is 1.00. The maximum absolute atomic E-state index is 13.3. The van der Waals surface area contributed by atoms with E-state index in [0.29, 0.717) is 5.92 Å². The van der Waals surface area contributed by atoms with Gasteiger partial charge in [0.15, 0.2) is 0 Å². The van der Waals surface area contributed by atoms with Gasteiger partial charge in [0, 0.05) is 0 Å². The lowest BCUT2D eigenvalue weighted by atomic mass is 9.88. The van der Waals surface area contributed by atoms with E-state index in [1.807, 2.05) is 0 Å². The van der Waals surface area contributed by atoms with Crippen LogP contribution in [0.25, 0.3) is 0 Å². The number of rotatable bonds is 0. The molecule has 2 fully saturated rings. The Hall–Kier alpha value is -0.0700. The van der Waals surface area contributed by atoms with Crippen LogP contribution in [0.5, 0.6) is 0 Å². The Bertz CT molecular complexity index is 158. The molecule has 0 N–H and O–H groups in total. The van der Waals surface area contributed by atoms with E-state index in [4.69, 9.17) is 0 Å². The minimum Gasteiger partial charge on any atom is -0.244 e. The summed E-state index contributed by atoms with van der Waals surface area (Å²) >= 11 is 0. The predicted octanol–water partition coefficient (Wildman–Crippen LogP) is 4.20.